The van der Waals surface area contributed by atoms with E-state index in [1.807, 2.05) is 6.07 Å². The van der Waals surface area contributed by atoms with Gasteiger partial charge in [-0.05, 0) is 40.3 Å². The van der Waals surface area contributed by atoms with Crippen molar-refractivity contribution in [3.63, 3.8) is 0 Å². The molecule has 62 valence electrons. The molecule has 0 amide bonds. The third-order valence-electron chi connectivity index (χ3n) is 1.79. The number of hydrogen-bond acceptors (Lipinski definition) is 2. The molecular formula is C9H8INO. The lowest BCUT2D eigenvalue weighted by molar-refractivity contribution is 0.240. The summed E-state index contributed by atoms with van der Waals surface area (Å²) in [4.78, 5) is 4.02. The molecule has 0 aliphatic carbocycles. The van der Waals surface area contributed by atoms with Crippen molar-refractivity contribution in [2.24, 2.45) is 4.99 Å². The van der Waals surface area contributed by atoms with Gasteiger partial charge in [-0.1, -0.05) is 12.1 Å². The summed E-state index contributed by atoms with van der Waals surface area (Å²) in [6, 6.07) is 8.31. The fourth-order valence-corrected chi connectivity index (χ4v) is 1.76. The lowest BCUT2D eigenvalue weighted by Crippen LogP contribution is -2.00. The molecule has 12 heavy (non-hydrogen) atoms. The molecular weight excluding hydrogens is 265 g/mol. The van der Waals surface area contributed by atoms with E-state index >= 15 is 0 Å². The topological polar surface area (TPSA) is 21.6 Å². The van der Waals surface area contributed by atoms with E-state index in [4.69, 9.17) is 4.74 Å². The van der Waals surface area contributed by atoms with Crippen LogP contribution in [0, 0.1) is 3.57 Å². The molecule has 1 aromatic carbocycles. The average molecular weight is 273 g/mol. The van der Waals surface area contributed by atoms with E-state index in [9.17, 15) is 0 Å². The van der Waals surface area contributed by atoms with Crippen LogP contribution in [0.5, 0.6) is 0 Å². The predicted octanol–water partition coefficient (Wildman–Crippen LogP) is 2.39. The zero-order valence-electron chi connectivity index (χ0n) is 6.40. The molecule has 0 saturated carbocycles. The molecule has 1 aliphatic heterocycles. The second-order valence-electron chi connectivity index (χ2n) is 2.65. The fourth-order valence-electron chi connectivity index (χ4n) is 1.19. The molecule has 1 aromatic rings. The van der Waals surface area contributed by atoms with Gasteiger partial charge in [0.05, 0.1) is 6.54 Å². The summed E-state index contributed by atoms with van der Waals surface area (Å²) in [5.74, 6) is 0. The molecule has 2 nitrogen and oxygen atoms in total. The molecule has 2 rings (SSSR count). The largest absolute Gasteiger partial charge is 0.474 e. The van der Waals surface area contributed by atoms with Gasteiger partial charge in [0.2, 0.25) is 0 Å². The number of hydrogen-bond donors (Lipinski definition) is 0. The Hall–Kier alpha value is -0.580. The third-order valence-corrected chi connectivity index (χ3v) is 2.46. The van der Waals surface area contributed by atoms with Crippen molar-refractivity contribution in [1.29, 1.82) is 0 Å². The molecule has 0 saturated heterocycles. The van der Waals surface area contributed by atoms with Gasteiger partial charge in [-0.2, -0.15) is 0 Å². The van der Waals surface area contributed by atoms with Crippen LogP contribution >= 0.6 is 22.6 Å². The van der Waals surface area contributed by atoms with Crippen LogP contribution in [0.4, 0.5) is 0 Å². The summed E-state index contributed by atoms with van der Waals surface area (Å²) in [6.45, 7) is 0.750. The summed E-state index contributed by atoms with van der Waals surface area (Å²) in [7, 11) is 0. The molecule has 1 atom stereocenters. The van der Waals surface area contributed by atoms with Gasteiger partial charge in [-0.25, -0.2) is 0 Å². The van der Waals surface area contributed by atoms with Gasteiger partial charge in [0.25, 0.3) is 0 Å². The van der Waals surface area contributed by atoms with Crippen LogP contribution in [0.15, 0.2) is 29.3 Å². The van der Waals surface area contributed by atoms with E-state index in [-0.39, 0.29) is 6.10 Å². The Morgan fingerprint density at radius 3 is 3.08 bits per heavy atom. The molecule has 3 heteroatoms. The zero-order valence-corrected chi connectivity index (χ0v) is 8.56. The molecule has 0 radical (unpaired) electrons. The Bertz CT molecular complexity index is 303. The van der Waals surface area contributed by atoms with E-state index in [1.54, 1.807) is 0 Å². The zero-order chi connectivity index (χ0) is 8.39. The molecule has 1 aliphatic rings. The van der Waals surface area contributed by atoms with Gasteiger partial charge in [-0.3, -0.25) is 4.99 Å². The van der Waals surface area contributed by atoms with Crippen molar-refractivity contribution >= 4 is 29.0 Å². The van der Waals surface area contributed by atoms with Crippen molar-refractivity contribution in [1.82, 2.24) is 0 Å². The molecule has 0 spiro atoms. The van der Waals surface area contributed by atoms with Gasteiger partial charge in [-0.15, -0.1) is 0 Å². The maximum Gasteiger partial charge on any atom is 0.170 e. The summed E-state index contributed by atoms with van der Waals surface area (Å²) < 4.78 is 6.54. The molecule has 0 N–H and O–H groups in total. The first-order valence-electron chi connectivity index (χ1n) is 3.75. The van der Waals surface area contributed by atoms with Crippen LogP contribution in [-0.2, 0) is 4.74 Å². The van der Waals surface area contributed by atoms with Crippen LogP contribution in [0.25, 0.3) is 0 Å². The van der Waals surface area contributed by atoms with Crippen LogP contribution in [0.2, 0.25) is 0 Å². The quantitative estimate of drug-likeness (QED) is 0.720. The minimum absolute atomic E-state index is 0.139. The molecule has 1 heterocycles. The van der Waals surface area contributed by atoms with Gasteiger partial charge < -0.3 is 4.74 Å². The molecule has 0 aromatic heterocycles. The summed E-state index contributed by atoms with van der Waals surface area (Å²) >= 11 is 2.30. The average Bonchev–Trinajstić information content (AvgIpc) is 2.56. The molecule has 0 bridgehead atoms. The first kappa shape index (κ1) is 8.04. The van der Waals surface area contributed by atoms with Crippen molar-refractivity contribution in [2.75, 3.05) is 6.54 Å². The van der Waals surface area contributed by atoms with Crippen LogP contribution in [0.3, 0.4) is 0 Å². The number of rotatable bonds is 1. The van der Waals surface area contributed by atoms with Gasteiger partial charge in [0.1, 0.15) is 6.10 Å². The lowest BCUT2D eigenvalue weighted by Gasteiger charge is -2.08. The monoisotopic (exact) mass is 273 g/mol. The summed E-state index contributed by atoms with van der Waals surface area (Å²) in [5.41, 5.74) is 1.21. The number of ether oxygens (including phenoxy) is 1. The van der Waals surface area contributed by atoms with Crippen molar-refractivity contribution in [3.8, 4) is 0 Å². The van der Waals surface area contributed by atoms with E-state index in [1.165, 1.54) is 15.5 Å². The summed E-state index contributed by atoms with van der Waals surface area (Å²) in [6.07, 6.45) is 1.67. The highest BCUT2D eigenvalue weighted by molar-refractivity contribution is 14.1. The fraction of sp³-hybridized carbons (Fsp3) is 0.222. The first-order valence-corrected chi connectivity index (χ1v) is 4.83. The minimum Gasteiger partial charge on any atom is -0.474 e. The minimum atomic E-state index is 0.139. The highest BCUT2D eigenvalue weighted by Crippen LogP contribution is 2.21. The van der Waals surface area contributed by atoms with Crippen LogP contribution < -0.4 is 0 Å². The number of nitrogens with zero attached hydrogens (tertiary/aromatic N) is 1. The lowest BCUT2D eigenvalue weighted by atomic mass is 10.1. The number of benzene rings is 1. The van der Waals surface area contributed by atoms with E-state index in [0.29, 0.717) is 0 Å². The highest BCUT2D eigenvalue weighted by Gasteiger charge is 2.14. The SMILES string of the molecule is Ic1cccc(C2CN=CO2)c1. The standard InChI is InChI=1S/C9H8INO/c10-8-3-1-2-7(4-8)9-5-11-6-12-9/h1-4,6,9H,5H2. The predicted molar refractivity (Wildman–Crippen MR) is 56.3 cm³/mol. The second-order valence-corrected chi connectivity index (χ2v) is 3.90. The van der Waals surface area contributed by atoms with Crippen LogP contribution in [-0.4, -0.2) is 12.9 Å². The molecule has 1 unspecified atom stereocenters. The van der Waals surface area contributed by atoms with Crippen molar-refractivity contribution in [3.05, 3.63) is 33.4 Å². The number of halogens is 1. The smallest absolute Gasteiger partial charge is 0.170 e. The normalized spacial score (nSPS) is 20.9. The summed E-state index contributed by atoms with van der Waals surface area (Å²) in [5, 5.41) is 0. The Morgan fingerprint density at radius 2 is 2.42 bits per heavy atom. The van der Waals surface area contributed by atoms with Gasteiger partial charge in [0.15, 0.2) is 6.40 Å². The number of aliphatic imine (C=N–C) groups is 1. The Balaban J connectivity index is 2.22. The second kappa shape index (κ2) is 3.43. The van der Waals surface area contributed by atoms with E-state index in [2.05, 4.69) is 45.8 Å². The Kier molecular flexibility index (Phi) is 2.30. The Morgan fingerprint density at radius 1 is 1.50 bits per heavy atom. The third kappa shape index (κ3) is 1.60. The Labute approximate surface area is 84.8 Å². The maximum absolute atomic E-state index is 5.30. The van der Waals surface area contributed by atoms with Crippen molar-refractivity contribution in [2.45, 2.75) is 6.10 Å². The van der Waals surface area contributed by atoms with Crippen molar-refractivity contribution < 1.29 is 4.74 Å². The van der Waals surface area contributed by atoms with Gasteiger partial charge in [0, 0.05) is 3.57 Å². The van der Waals surface area contributed by atoms with E-state index in [0.717, 1.165) is 6.54 Å². The maximum atomic E-state index is 5.30. The molecule has 0 fully saturated rings. The van der Waals surface area contributed by atoms with Crippen LogP contribution in [0.1, 0.15) is 11.7 Å². The first-order chi connectivity index (χ1) is 5.86. The van der Waals surface area contributed by atoms with Gasteiger partial charge >= 0.3 is 0 Å². The highest BCUT2D eigenvalue weighted by atomic mass is 127. The van der Waals surface area contributed by atoms with E-state index < -0.39 is 0 Å².